The number of hydrogen-bond acceptors (Lipinski definition) is 2. The predicted octanol–water partition coefficient (Wildman–Crippen LogP) is 0.262. The second-order valence-corrected chi connectivity index (χ2v) is 1.91. The molecule has 1 amide bonds. The maximum Gasteiger partial charge on any atom is 0.408 e. The molecule has 0 aromatic heterocycles. The molecule has 1 fully saturated rings. The molecule has 4 heteroatoms. The van der Waals surface area contributed by atoms with E-state index in [0.29, 0.717) is 13.0 Å². The lowest BCUT2D eigenvalue weighted by Crippen LogP contribution is -2.49. The third-order valence-electron chi connectivity index (χ3n) is 1.41. The smallest absolute Gasteiger partial charge is 0.408 e. The Morgan fingerprint density at radius 3 is 2.67 bits per heavy atom. The van der Waals surface area contributed by atoms with Crippen LogP contribution in [0.1, 0.15) is 6.42 Å². The molecule has 0 radical (unpaired) electrons. The van der Waals surface area contributed by atoms with E-state index in [9.17, 15) is 4.79 Å². The van der Waals surface area contributed by atoms with Crippen molar-refractivity contribution in [1.82, 2.24) is 4.90 Å². The summed E-state index contributed by atoms with van der Waals surface area (Å²) in [5.74, 6) is 0. The molecule has 48 valence electrons. The average molecular weight is 126 g/mol. The number of rotatable bonds is 0. The number of carboxylic acid groups (broad SMARTS) is 1. The van der Waals surface area contributed by atoms with Gasteiger partial charge in [0.25, 0.3) is 0 Å². The molecule has 1 heterocycles. The highest BCUT2D eigenvalue weighted by Gasteiger charge is 2.31. The number of hydrogen-bond donors (Lipinski definition) is 1. The minimum atomic E-state index is -0.993. The third kappa shape index (κ3) is 0.809. The van der Waals surface area contributed by atoms with E-state index in [1.807, 2.05) is 6.07 Å². The van der Waals surface area contributed by atoms with Crippen molar-refractivity contribution in [2.24, 2.45) is 0 Å². The number of amides is 1. The minimum absolute atomic E-state index is 0.387. The first-order valence-electron chi connectivity index (χ1n) is 2.65. The molecule has 9 heavy (non-hydrogen) atoms. The molecule has 4 nitrogen and oxygen atoms in total. The van der Waals surface area contributed by atoms with Crippen LogP contribution < -0.4 is 0 Å². The van der Waals surface area contributed by atoms with Crippen LogP contribution in [0.3, 0.4) is 0 Å². The standard InChI is InChI=1S/C5H6N2O2/c6-3-4-1-2-7(4)5(8)9/h4H,1-2H2,(H,8,9)/t4-/m0/s1. The Hall–Kier alpha value is -1.24. The van der Waals surface area contributed by atoms with Crippen molar-refractivity contribution < 1.29 is 9.90 Å². The number of likely N-dealkylation sites (tertiary alicyclic amines) is 1. The Balaban J connectivity index is 2.47. The fourth-order valence-corrected chi connectivity index (χ4v) is 0.750. The maximum atomic E-state index is 10.1. The molecule has 0 unspecified atom stereocenters. The van der Waals surface area contributed by atoms with Crippen LogP contribution in [-0.2, 0) is 0 Å². The van der Waals surface area contributed by atoms with Gasteiger partial charge in [0, 0.05) is 6.54 Å². The van der Waals surface area contributed by atoms with Gasteiger partial charge in [0.15, 0.2) is 0 Å². The van der Waals surface area contributed by atoms with Crippen molar-refractivity contribution >= 4 is 6.09 Å². The second kappa shape index (κ2) is 1.94. The van der Waals surface area contributed by atoms with E-state index >= 15 is 0 Å². The zero-order valence-corrected chi connectivity index (χ0v) is 4.74. The molecule has 1 atom stereocenters. The Kier molecular flexibility index (Phi) is 1.27. The third-order valence-corrected chi connectivity index (χ3v) is 1.41. The lowest BCUT2D eigenvalue weighted by atomic mass is 10.1. The van der Waals surface area contributed by atoms with Crippen molar-refractivity contribution in [3.8, 4) is 6.07 Å². The summed E-state index contributed by atoms with van der Waals surface area (Å²) in [4.78, 5) is 11.3. The van der Waals surface area contributed by atoms with Crippen molar-refractivity contribution in [2.45, 2.75) is 12.5 Å². The second-order valence-electron chi connectivity index (χ2n) is 1.91. The molecule has 0 aliphatic carbocycles. The molecule has 1 N–H and O–H groups in total. The first-order chi connectivity index (χ1) is 4.25. The van der Waals surface area contributed by atoms with Gasteiger partial charge in [0.05, 0.1) is 6.07 Å². The molecular formula is C5H6N2O2. The quantitative estimate of drug-likeness (QED) is 0.506. The Bertz CT molecular complexity index is 172. The Labute approximate surface area is 52.3 Å². The monoisotopic (exact) mass is 126 g/mol. The fraction of sp³-hybridized carbons (Fsp3) is 0.600. The average Bonchev–Trinajstić information content (AvgIpc) is 1.61. The van der Waals surface area contributed by atoms with Crippen LogP contribution >= 0.6 is 0 Å². The molecule has 0 aromatic rings. The molecular weight excluding hydrogens is 120 g/mol. The Morgan fingerprint density at radius 2 is 2.56 bits per heavy atom. The summed E-state index contributed by atoms with van der Waals surface area (Å²) >= 11 is 0. The summed E-state index contributed by atoms with van der Waals surface area (Å²) in [6, 6.07) is 1.49. The van der Waals surface area contributed by atoms with E-state index < -0.39 is 6.09 Å². The van der Waals surface area contributed by atoms with Gasteiger partial charge in [-0.2, -0.15) is 5.26 Å². The van der Waals surface area contributed by atoms with Crippen molar-refractivity contribution in [2.75, 3.05) is 6.54 Å². The van der Waals surface area contributed by atoms with Gasteiger partial charge < -0.3 is 5.11 Å². The highest BCUT2D eigenvalue weighted by molar-refractivity contribution is 5.67. The summed E-state index contributed by atoms with van der Waals surface area (Å²) in [5.41, 5.74) is 0. The summed E-state index contributed by atoms with van der Waals surface area (Å²) in [6.07, 6.45) is -0.309. The van der Waals surface area contributed by atoms with Gasteiger partial charge in [-0.3, -0.25) is 4.90 Å². The van der Waals surface area contributed by atoms with Crippen molar-refractivity contribution in [3.63, 3.8) is 0 Å². The minimum Gasteiger partial charge on any atom is -0.465 e. The van der Waals surface area contributed by atoms with Crippen LogP contribution in [0, 0.1) is 11.3 Å². The van der Waals surface area contributed by atoms with Gasteiger partial charge in [-0.25, -0.2) is 4.79 Å². The van der Waals surface area contributed by atoms with E-state index in [0.717, 1.165) is 4.90 Å². The SMILES string of the molecule is N#C[C@@H]1CCN1C(=O)O. The molecule has 1 aliphatic heterocycles. The van der Waals surface area contributed by atoms with E-state index in [4.69, 9.17) is 10.4 Å². The van der Waals surface area contributed by atoms with Gasteiger partial charge >= 0.3 is 6.09 Å². The van der Waals surface area contributed by atoms with Crippen LogP contribution in [0.15, 0.2) is 0 Å². The highest BCUT2D eigenvalue weighted by atomic mass is 16.4. The van der Waals surface area contributed by atoms with Gasteiger partial charge in [-0.05, 0) is 6.42 Å². The summed E-state index contributed by atoms with van der Waals surface area (Å²) in [5, 5.41) is 16.6. The van der Waals surface area contributed by atoms with E-state index in [2.05, 4.69) is 0 Å². The largest absolute Gasteiger partial charge is 0.465 e. The van der Waals surface area contributed by atoms with Crippen LogP contribution in [0.2, 0.25) is 0 Å². The van der Waals surface area contributed by atoms with E-state index in [1.165, 1.54) is 0 Å². The Morgan fingerprint density at radius 1 is 1.89 bits per heavy atom. The molecule has 0 aromatic carbocycles. The van der Waals surface area contributed by atoms with E-state index in [1.54, 1.807) is 0 Å². The summed E-state index contributed by atoms with van der Waals surface area (Å²) < 4.78 is 0. The zero-order chi connectivity index (χ0) is 6.85. The molecule has 0 spiro atoms. The van der Waals surface area contributed by atoms with Crippen LogP contribution in [0.5, 0.6) is 0 Å². The van der Waals surface area contributed by atoms with Gasteiger partial charge in [0.1, 0.15) is 6.04 Å². The van der Waals surface area contributed by atoms with Crippen LogP contribution in [-0.4, -0.2) is 28.7 Å². The van der Waals surface area contributed by atoms with Gasteiger partial charge in [0.2, 0.25) is 0 Å². The molecule has 1 aliphatic rings. The summed E-state index contributed by atoms with van der Waals surface area (Å²) in [7, 11) is 0. The first-order valence-corrected chi connectivity index (χ1v) is 2.65. The maximum absolute atomic E-state index is 10.1. The predicted molar refractivity (Wildman–Crippen MR) is 28.7 cm³/mol. The van der Waals surface area contributed by atoms with Gasteiger partial charge in [-0.15, -0.1) is 0 Å². The van der Waals surface area contributed by atoms with Crippen molar-refractivity contribution in [3.05, 3.63) is 0 Å². The van der Waals surface area contributed by atoms with Gasteiger partial charge in [-0.1, -0.05) is 0 Å². The summed E-state index contributed by atoms with van der Waals surface area (Å²) in [6.45, 7) is 0.508. The number of carbonyl (C=O) groups is 1. The molecule has 1 saturated heterocycles. The highest BCUT2D eigenvalue weighted by Crippen LogP contribution is 2.15. The van der Waals surface area contributed by atoms with E-state index in [-0.39, 0.29) is 6.04 Å². The normalized spacial score (nSPS) is 24.3. The molecule has 1 rings (SSSR count). The number of nitriles is 1. The molecule has 0 saturated carbocycles. The van der Waals surface area contributed by atoms with Crippen LogP contribution in [0.25, 0.3) is 0 Å². The fourth-order valence-electron chi connectivity index (χ4n) is 0.750. The van der Waals surface area contributed by atoms with Crippen LogP contribution in [0.4, 0.5) is 4.79 Å². The number of nitrogens with zero attached hydrogens (tertiary/aromatic N) is 2. The first kappa shape index (κ1) is 5.89. The topological polar surface area (TPSA) is 64.3 Å². The lowest BCUT2D eigenvalue weighted by molar-refractivity contribution is 0.0967. The van der Waals surface area contributed by atoms with Crippen molar-refractivity contribution in [1.29, 1.82) is 5.26 Å². The molecule has 0 bridgehead atoms. The zero-order valence-electron chi connectivity index (χ0n) is 4.74. The lowest BCUT2D eigenvalue weighted by Gasteiger charge is -2.33.